The molecule has 7 aromatic rings. The van der Waals surface area contributed by atoms with Crippen molar-refractivity contribution >= 4 is 69.0 Å². The van der Waals surface area contributed by atoms with E-state index in [9.17, 15) is 0 Å². The van der Waals surface area contributed by atoms with Gasteiger partial charge in [-0.05, 0) is 109 Å². The van der Waals surface area contributed by atoms with Crippen molar-refractivity contribution in [2.75, 3.05) is 31.9 Å². The lowest BCUT2D eigenvalue weighted by Crippen LogP contribution is -2.07. The van der Waals surface area contributed by atoms with Crippen molar-refractivity contribution in [3.63, 3.8) is 0 Å². The van der Waals surface area contributed by atoms with Gasteiger partial charge in [0.1, 0.15) is 0 Å². The number of nitrogens with one attached hydrogen (secondary N) is 6. The Balaban J connectivity index is 1.09. The van der Waals surface area contributed by atoms with Crippen LogP contribution in [0.4, 0.5) is 69.0 Å². The predicted molar refractivity (Wildman–Crippen MR) is 198 cm³/mol. The number of aromatic nitrogens is 3. The van der Waals surface area contributed by atoms with E-state index >= 15 is 0 Å². The van der Waals surface area contributed by atoms with Crippen LogP contribution >= 0.6 is 0 Å². The standard InChI is InChI=1S/C39H33N9/c1-4-10-28(11-5-1)40-31-16-22-34(23-17-31)43-37-46-38(44-35-24-18-32(19-25-35)41-29-12-6-2-7-13-29)48-39(47-37)45-36-26-20-33(21-27-36)42-30-14-8-3-9-15-30/h1-27,40-42H,(H3,43,44,45,46,47,48). The number of benzene rings is 6. The third kappa shape index (κ3) is 8.23. The Morgan fingerprint density at radius 1 is 0.208 bits per heavy atom. The van der Waals surface area contributed by atoms with Gasteiger partial charge in [0, 0.05) is 51.2 Å². The van der Waals surface area contributed by atoms with Crippen LogP contribution in [0, 0.1) is 0 Å². The van der Waals surface area contributed by atoms with Crippen molar-refractivity contribution < 1.29 is 0 Å². The lowest BCUT2D eigenvalue weighted by molar-refractivity contribution is 1.06. The molecule has 0 bridgehead atoms. The highest BCUT2D eigenvalue weighted by molar-refractivity contribution is 5.68. The van der Waals surface area contributed by atoms with Gasteiger partial charge in [0.05, 0.1) is 0 Å². The summed E-state index contributed by atoms with van der Waals surface area (Å²) >= 11 is 0. The molecule has 0 radical (unpaired) electrons. The normalized spacial score (nSPS) is 10.5. The van der Waals surface area contributed by atoms with Gasteiger partial charge < -0.3 is 31.9 Å². The van der Waals surface area contributed by atoms with E-state index in [2.05, 4.69) is 46.9 Å². The summed E-state index contributed by atoms with van der Waals surface area (Å²) in [4.78, 5) is 14.0. The van der Waals surface area contributed by atoms with E-state index in [-0.39, 0.29) is 0 Å². The van der Waals surface area contributed by atoms with E-state index in [0.717, 1.165) is 51.2 Å². The summed E-state index contributed by atoms with van der Waals surface area (Å²) in [6, 6.07) is 54.1. The molecule has 0 aliphatic heterocycles. The monoisotopic (exact) mass is 627 g/mol. The van der Waals surface area contributed by atoms with E-state index < -0.39 is 0 Å². The molecular weight excluding hydrogens is 594 g/mol. The number of nitrogens with zero attached hydrogens (tertiary/aromatic N) is 3. The van der Waals surface area contributed by atoms with Crippen molar-refractivity contribution in [3.8, 4) is 0 Å². The quantitative estimate of drug-likeness (QED) is 0.0788. The summed E-state index contributed by atoms with van der Waals surface area (Å²) in [5.74, 6) is 1.18. The fraction of sp³-hybridized carbons (Fsp3) is 0. The van der Waals surface area contributed by atoms with Gasteiger partial charge in [-0.1, -0.05) is 54.6 Å². The second-order valence-corrected chi connectivity index (χ2v) is 10.9. The largest absolute Gasteiger partial charge is 0.356 e. The van der Waals surface area contributed by atoms with Crippen LogP contribution in [0.3, 0.4) is 0 Å². The minimum absolute atomic E-state index is 0.392. The zero-order chi connectivity index (χ0) is 32.4. The van der Waals surface area contributed by atoms with Crippen molar-refractivity contribution in [1.82, 2.24) is 15.0 Å². The van der Waals surface area contributed by atoms with Crippen molar-refractivity contribution in [3.05, 3.63) is 164 Å². The predicted octanol–water partition coefficient (Wildman–Crippen LogP) is 10.3. The van der Waals surface area contributed by atoms with Crippen LogP contribution in [-0.4, -0.2) is 15.0 Å². The maximum atomic E-state index is 4.68. The third-order valence-electron chi connectivity index (χ3n) is 7.25. The Bertz CT molecular complexity index is 1780. The van der Waals surface area contributed by atoms with Crippen LogP contribution < -0.4 is 31.9 Å². The highest BCUT2D eigenvalue weighted by Crippen LogP contribution is 2.26. The average Bonchev–Trinajstić information content (AvgIpc) is 3.12. The average molecular weight is 628 g/mol. The first-order chi connectivity index (χ1) is 23.7. The van der Waals surface area contributed by atoms with E-state index in [1.165, 1.54) is 0 Å². The molecule has 7 rings (SSSR count). The molecule has 0 saturated heterocycles. The fourth-order valence-electron chi connectivity index (χ4n) is 4.91. The molecular formula is C39H33N9. The maximum Gasteiger partial charge on any atom is 0.233 e. The van der Waals surface area contributed by atoms with E-state index in [0.29, 0.717) is 17.8 Å². The molecule has 0 amide bonds. The number of hydrogen-bond donors (Lipinski definition) is 6. The van der Waals surface area contributed by atoms with Crippen LogP contribution in [0.1, 0.15) is 0 Å². The van der Waals surface area contributed by atoms with Crippen LogP contribution in [0.25, 0.3) is 0 Å². The third-order valence-corrected chi connectivity index (χ3v) is 7.25. The molecule has 9 nitrogen and oxygen atoms in total. The minimum atomic E-state index is 0.392. The Kier molecular flexibility index (Phi) is 9.00. The Morgan fingerprint density at radius 3 is 0.625 bits per heavy atom. The van der Waals surface area contributed by atoms with Gasteiger partial charge >= 0.3 is 0 Å². The zero-order valence-electron chi connectivity index (χ0n) is 25.9. The molecule has 6 N–H and O–H groups in total. The summed E-state index contributed by atoms with van der Waals surface area (Å²) in [5, 5.41) is 20.2. The van der Waals surface area contributed by atoms with Gasteiger partial charge in [0.25, 0.3) is 0 Å². The highest BCUT2D eigenvalue weighted by Gasteiger charge is 2.10. The molecule has 0 aliphatic rings. The molecule has 48 heavy (non-hydrogen) atoms. The molecule has 234 valence electrons. The first-order valence-corrected chi connectivity index (χ1v) is 15.5. The molecule has 0 spiro atoms. The molecule has 0 fully saturated rings. The van der Waals surface area contributed by atoms with Gasteiger partial charge in [0.2, 0.25) is 17.8 Å². The van der Waals surface area contributed by atoms with Crippen molar-refractivity contribution in [2.45, 2.75) is 0 Å². The SMILES string of the molecule is c1ccc(Nc2ccc(Nc3nc(Nc4ccc(Nc5ccccc5)cc4)nc(Nc4ccc(Nc5ccccc5)cc4)n3)cc2)cc1. The van der Waals surface area contributed by atoms with Crippen LogP contribution in [0.15, 0.2) is 164 Å². The topological polar surface area (TPSA) is 111 Å². The Hall–Kier alpha value is -6.87. The number of anilines is 12. The smallest absolute Gasteiger partial charge is 0.233 e. The van der Waals surface area contributed by atoms with E-state index in [4.69, 9.17) is 0 Å². The van der Waals surface area contributed by atoms with Crippen molar-refractivity contribution in [2.24, 2.45) is 0 Å². The van der Waals surface area contributed by atoms with Gasteiger partial charge in [0.15, 0.2) is 0 Å². The molecule has 9 heteroatoms. The number of para-hydroxylation sites is 3. The van der Waals surface area contributed by atoms with E-state index in [1.54, 1.807) is 0 Å². The van der Waals surface area contributed by atoms with Gasteiger partial charge in [-0.25, -0.2) is 0 Å². The fourth-order valence-corrected chi connectivity index (χ4v) is 4.91. The maximum absolute atomic E-state index is 4.68. The Labute approximate surface area is 279 Å². The molecule has 0 atom stereocenters. The second-order valence-electron chi connectivity index (χ2n) is 10.9. The summed E-state index contributed by atoms with van der Waals surface area (Å²) in [6.07, 6.45) is 0. The van der Waals surface area contributed by atoms with Crippen LogP contribution in [-0.2, 0) is 0 Å². The molecule has 0 aliphatic carbocycles. The Morgan fingerprint density at radius 2 is 0.396 bits per heavy atom. The summed E-state index contributed by atoms with van der Waals surface area (Å²) in [5.41, 5.74) is 8.50. The number of hydrogen-bond acceptors (Lipinski definition) is 9. The van der Waals surface area contributed by atoms with Crippen molar-refractivity contribution in [1.29, 1.82) is 0 Å². The minimum Gasteiger partial charge on any atom is -0.356 e. The first kappa shape index (κ1) is 29.8. The molecule has 1 aromatic heterocycles. The lowest BCUT2D eigenvalue weighted by Gasteiger charge is -2.13. The lowest BCUT2D eigenvalue weighted by atomic mass is 10.2. The molecule has 6 aromatic carbocycles. The van der Waals surface area contributed by atoms with Gasteiger partial charge in [-0.15, -0.1) is 0 Å². The number of rotatable bonds is 12. The van der Waals surface area contributed by atoms with Gasteiger partial charge in [-0.2, -0.15) is 15.0 Å². The first-order valence-electron chi connectivity index (χ1n) is 15.5. The van der Waals surface area contributed by atoms with Crippen LogP contribution in [0.5, 0.6) is 0 Å². The van der Waals surface area contributed by atoms with E-state index in [1.807, 2.05) is 164 Å². The second kappa shape index (κ2) is 14.5. The summed E-state index contributed by atoms with van der Waals surface area (Å²) in [6.45, 7) is 0. The van der Waals surface area contributed by atoms with Crippen LogP contribution in [0.2, 0.25) is 0 Å². The molecule has 1 heterocycles. The highest BCUT2D eigenvalue weighted by atomic mass is 15.3. The van der Waals surface area contributed by atoms with Gasteiger partial charge in [-0.3, -0.25) is 0 Å². The summed E-state index contributed by atoms with van der Waals surface area (Å²) in [7, 11) is 0. The molecule has 0 saturated carbocycles. The summed E-state index contributed by atoms with van der Waals surface area (Å²) < 4.78 is 0. The molecule has 0 unspecified atom stereocenters. The zero-order valence-corrected chi connectivity index (χ0v) is 25.9.